The number of carbonyl (C=O) groups is 1. The third-order valence-corrected chi connectivity index (χ3v) is 6.25. The van der Waals surface area contributed by atoms with E-state index in [0.717, 1.165) is 8.28 Å². The lowest BCUT2D eigenvalue weighted by Gasteiger charge is -2.14. The van der Waals surface area contributed by atoms with Crippen molar-refractivity contribution >= 4 is 46.8 Å². The Kier molecular flexibility index (Phi) is 5.88. The van der Waals surface area contributed by atoms with Crippen LogP contribution in [0.4, 0.5) is 0 Å². The summed E-state index contributed by atoms with van der Waals surface area (Å²) in [5.41, 5.74) is 3.64. The quantitative estimate of drug-likeness (QED) is 0.302. The Bertz CT molecular complexity index is 751. The van der Waals surface area contributed by atoms with Crippen molar-refractivity contribution in [3.05, 3.63) is 21.0 Å². The van der Waals surface area contributed by atoms with Gasteiger partial charge < -0.3 is 4.74 Å². The first-order chi connectivity index (χ1) is 9.91. The molecule has 0 atom stereocenters. The van der Waals surface area contributed by atoms with Gasteiger partial charge in [0, 0.05) is 20.3 Å². The molecule has 0 aliphatic carbocycles. The zero-order valence-corrected chi connectivity index (χ0v) is 17.4. The minimum absolute atomic E-state index is 0.0309. The zero-order valence-electron chi connectivity index (χ0n) is 13.4. The van der Waals surface area contributed by atoms with Gasteiger partial charge in [-0.15, -0.1) is 5.54 Å². The monoisotopic (exact) mass is 454 g/mol. The predicted octanol–water partition coefficient (Wildman–Crippen LogP) is 1.76. The Labute approximate surface area is 146 Å². The summed E-state index contributed by atoms with van der Waals surface area (Å²) in [5.74, 6) is 2.28. The number of methoxy groups -OCH3 is 1. The van der Waals surface area contributed by atoms with Gasteiger partial charge in [0.25, 0.3) is 0 Å². The molecule has 0 aromatic carbocycles. The van der Waals surface area contributed by atoms with Crippen molar-refractivity contribution in [3.63, 3.8) is 0 Å². The van der Waals surface area contributed by atoms with E-state index < -0.39 is 24.3 Å². The molecule has 0 amide bonds. The van der Waals surface area contributed by atoms with Crippen LogP contribution in [0.25, 0.3) is 0 Å². The van der Waals surface area contributed by atoms with Crippen LogP contribution in [-0.4, -0.2) is 51.9 Å². The highest BCUT2D eigenvalue weighted by Crippen LogP contribution is 2.23. The number of hydrogen-bond acceptors (Lipinski definition) is 4. The number of rotatable bonds is 3. The zero-order chi connectivity index (χ0) is 17.3. The molecule has 22 heavy (non-hydrogen) atoms. The van der Waals surface area contributed by atoms with Crippen molar-refractivity contribution in [3.8, 4) is 11.5 Å². The summed E-state index contributed by atoms with van der Waals surface area (Å²) in [4.78, 5) is 12.0. The Balaban J connectivity index is 3.64. The molecule has 1 heterocycles. The van der Waals surface area contributed by atoms with E-state index >= 15 is 0 Å². The normalized spacial score (nSPS) is 12.0. The summed E-state index contributed by atoms with van der Waals surface area (Å²) in [6.45, 7) is 6.25. The molecule has 0 fully saturated rings. The Hall–Kier alpha value is -0.833. The summed E-state index contributed by atoms with van der Waals surface area (Å²) in [6, 6.07) is 0. The van der Waals surface area contributed by atoms with Gasteiger partial charge in [0.05, 0.1) is 16.2 Å². The maximum absolute atomic E-state index is 12.4. The maximum atomic E-state index is 12.4. The molecule has 0 aliphatic rings. The van der Waals surface area contributed by atoms with Crippen molar-refractivity contribution in [1.82, 2.24) is 8.28 Å². The summed E-state index contributed by atoms with van der Waals surface area (Å²) in [5, 5.41) is 0. The van der Waals surface area contributed by atoms with Gasteiger partial charge >= 0.3 is 16.2 Å². The largest absolute Gasteiger partial charge is 0.464 e. The Morgan fingerprint density at radius 1 is 1.36 bits per heavy atom. The summed E-state index contributed by atoms with van der Waals surface area (Å²) in [6.07, 6.45) is 1.37. The molecule has 0 saturated carbocycles. The number of nitrogens with zero attached hydrogens (tertiary/aromatic N) is 2. The topological polar surface area (TPSA) is 68.6 Å². The van der Waals surface area contributed by atoms with Gasteiger partial charge in [-0.2, -0.15) is 12.7 Å². The molecule has 0 saturated heterocycles. The standard InChI is InChI=1S/C13H19IN2O4SSi/c1-15(2)21(18,19)16-9-10(7-8-22(4,5)6)11(14)12(16)13(17)20-3/h9H,1-6H3. The minimum Gasteiger partial charge on any atom is -0.464 e. The molecular formula is C13H19IN2O4SSi. The van der Waals surface area contributed by atoms with E-state index in [1.165, 1.54) is 27.4 Å². The average molecular weight is 454 g/mol. The van der Waals surface area contributed by atoms with Crippen LogP contribution in [-0.2, 0) is 14.9 Å². The molecule has 0 unspecified atom stereocenters. The summed E-state index contributed by atoms with van der Waals surface area (Å²) < 4.78 is 31.9. The SMILES string of the molecule is COC(=O)c1c(I)c(C#C[Si](C)(C)C)cn1S(=O)(=O)N(C)C. The van der Waals surface area contributed by atoms with Crippen LogP contribution in [0.1, 0.15) is 16.1 Å². The van der Waals surface area contributed by atoms with Crippen molar-refractivity contribution in [2.75, 3.05) is 21.2 Å². The second-order valence-corrected chi connectivity index (χ2v) is 13.6. The van der Waals surface area contributed by atoms with Crippen molar-refractivity contribution in [1.29, 1.82) is 0 Å². The number of hydrogen-bond donors (Lipinski definition) is 0. The van der Waals surface area contributed by atoms with Crippen molar-refractivity contribution in [2.45, 2.75) is 19.6 Å². The van der Waals surface area contributed by atoms with E-state index in [4.69, 9.17) is 4.74 Å². The smallest absolute Gasteiger partial charge is 0.356 e. The Morgan fingerprint density at radius 2 is 1.91 bits per heavy atom. The van der Waals surface area contributed by atoms with E-state index in [-0.39, 0.29) is 5.69 Å². The molecule has 0 bridgehead atoms. The lowest BCUT2D eigenvalue weighted by atomic mass is 10.3. The van der Waals surface area contributed by atoms with Gasteiger partial charge in [-0.05, 0) is 22.6 Å². The Morgan fingerprint density at radius 3 is 2.32 bits per heavy atom. The highest BCUT2D eigenvalue weighted by atomic mass is 127. The maximum Gasteiger partial charge on any atom is 0.356 e. The fraction of sp³-hybridized carbons (Fsp3) is 0.462. The van der Waals surface area contributed by atoms with Gasteiger partial charge in [0.2, 0.25) is 0 Å². The molecule has 1 rings (SSSR count). The molecule has 1 aromatic heterocycles. The van der Waals surface area contributed by atoms with Crippen LogP contribution in [0, 0.1) is 15.0 Å². The third kappa shape index (κ3) is 4.12. The highest BCUT2D eigenvalue weighted by molar-refractivity contribution is 14.1. The number of halogens is 1. The second kappa shape index (κ2) is 6.73. The van der Waals surface area contributed by atoms with Gasteiger partial charge in [0.1, 0.15) is 8.07 Å². The van der Waals surface area contributed by atoms with Crippen LogP contribution in [0.2, 0.25) is 19.6 Å². The van der Waals surface area contributed by atoms with E-state index in [1.54, 1.807) is 0 Å². The molecule has 0 spiro atoms. The first kappa shape index (κ1) is 19.2. The average Bonchev–Trinajstić information content (AvgIpc) is 2.72. The minimum atomic E-state index is -3.83. The molecular weight excluding hydrogens is 435 g/mol. The van der Waals surface area contributed by atoms with E-state index in [9.17, 15) is 13.2 Å². The molecule has 1 aromatic rings. The number of ether oxygens (including phenoxy) is 1. The number of aromatic nitrogens is 1. The number of esters is 1. The number of carbonyl (C=O) groups excluding carboxylic acids is 1. The van der Waals surface area contributed by atoms with E-state index in [0.29, 0.717) is 9.13 Å². The second-order valence-electron chi connectivity index (χ2n) is 5.78. The lowest BCUT2D eigenvalue weighted by molar-refractivity contribution is 0.0591. The fourth-order valence-corrected chi connectivity index (χ4v) is 3.85. The predicted molar refractivity (Wildman–Crippen MR) is 96.7 cm³/mol. The van der Waals surface area contributed by atoms with Crippen LogP contribution >= 0.6 is 22.6 Å². The van der Waals surface area contributed by atoms with Crippen LogP contribution in [0.5, 0.6) is 0 Å². The molecule has 0 N–H and O–H groups in total. The molecule has 9 heteroatoms. The summed E-state index contributed by atoms with van der Waals surface area (Å²) >= 11 is 1.92. The lowest BCUT2D eigenvalue weighted by Crippen LogP contribution is -2.31. The third-order valence-electron chi connectivity index (χ3n) is 2.57. The van der Waals surface area contributed by atoms with Crippen LogP contribution < -0.4 is 0 Å². The van der Waals surface area contributed by atoms with Crippen LogP contribution in [0.3, 0.4) is 0 Å². The van der Waals surface area contributed by atoms with Gasteiger partial charge in [-0.1, -0.05) is 25.6 Å². The van der Waals surface area contributed by atoms with Crippen LogP contribution in [0.15, 0.2) is 6.20 Å². The van der Waals surface area contributed by atoms with E-state index in [1.807, 2.05) is 22.6 Å². The van der Waals surface area contributed by atoms with Gasteiger partial charge in [0.15, 0.2) is 5.69 Å². The fourth-order valence-electron chi connectivity index (χ4n) is 1.44. The molecule has 0 aliphatic heterocycles. The molecule has 6 nitrogen and oxygen atoms in total. The van der Waals surface area contributed by atoms with Gasteiger partial charge in [-0.25, -0.2) is 8.77 Å². The van der Waals surface area contributed by atoms with Gasteiger partial charge in [-0.3, -0.25) is 0 Å². The first-order valence-electron chi connectivity index (χ1n) is 6.37. The van der Waals surface area contributed by atoms with E-state index in [2.05, 4.69) is 31.1 Å². The van der Waals surface area contributed by atoms with Crippen molar-refractivity contribution in [2.24, 2.45) is 0 Å². The summed E-state index contributed by atoms with van der Waals surface area (Å²) in [7, 11) is -1.44. The van der Waals surface area contributed by atoms with Crippen molar-refractivity contribution < 1.29 is 17.9 Å². The molecule has 0 radical (unpaired) electrons. The molecule has 122 valence electrons. The first-order valence-corrected chi connectivity index (χ1v) is 12.3. The highest BCUT2D eigenvalue weighted by Gasteiger charge is 2.28.